The summed E-state index contributed by atoms with van der Waals surface area (Å²) in [5.74, 6) is 1.73. The number of ether oxygens (including phenoxy) is 2. The van der Waals surface area contributed by atoms with Crippen LogP contribution in [0.2, 0.25) is 0 Å². The largest absolute Gasteiger partial charge is 0.490 e. The number of hydrogen-bond acceptors (Lipinski definition) is 5. The topological polar surface area (TPSA) is 64.4 Å². The second-order valence-corrected chi connectivity index (χ2v) is 7.00. The Morgan fingerprint density at radius 2 is 2.00 bits per heavy atom. The third kappa shape index (κ3) is 5.08. The molecular formula is C21H23FN4O2S. The van der Waals surface area contributed by atoms with Crippen molar-refractivity contribution in [3.63, 3.8) is 0 Å². The van der Waals surface area contributed by atoms with E-state index < -0.39 is 0 Å². The van der Waals surface area contributed by atoms with Crippen LogP contribution in [-0.2, 0) is 6.61 Å². The Morgan fingerprint density at radius 1 is 1.21 bits per heavy atom. The van der Waals surface area contributed by atoms with Gasteiger partial charge in [0.25, 0.3) is 0 Å². The lowest BCUT2D eigenvalue weighted by Gasteiger charge is -2.13. The highest BCUT2D eigenvalue weighted by atomic mass is 32.1. The molecule has 0 fully saturated rings. The van der Waals surface area contributed by atoms with Crippen LogP contribution < -0.4 is 9.47 Å². The van der Waals surface area contributed by atoms with Crippen LogP contribution in [0.3, 0.4) is 0 Å². The number of hydrogen-bond donors (Lipinski definition) is 1. The molecule has 1 N–H and O–H groups in total. The molecule has 0 aliphatic heterocycles. The van der Waals surface area contributed by atoms with Crippen LogP contribution in [0.15, 0.2) is 47.6 Å². The number of rotatable bonds is 8. The van der Waals surface area contributed by atoms with Crippen molar-refractivity contribution >= 4 is 18.4 Å². The lowest BCUT2D eigenvalue weighted by atomic mass is 10.2. The van der Waals surface area contributed by atoms with Gasteiger partial charge >= 0.3 is 0 Å². The van der Waals surface area contributed by atoms with E-state index in [1.54, 1.807) is 35.2 Å². The normalized spacial score (nSPS) is 11.3. The minimum absolute atomic E-state index is 0.113. The van der Waals surface area contributed by atoms with Crippen molar-refractivity contribution in [1.29, 1.82) is 0 Å². The van der Waals surface area contributed by atoms with E-state index >= 15 is 0 Å². The lowest BCUT2D eigenvalue weighted by molar-refractivity contribution is 0.266. The van der Waals surface area contributed by atoms with Crippen molar-refractivity contribution in [2.45, 2.75) is 33.3 Å². The molecule has 0 bridgehead atoms. The quantitative estimate of drug-likeness (QED) is 0.413. The van der Waals surface area contributed by atoms with E-state index in [1.807, 2.05) is 32.9 Å². The Kier molecular flexibility index (Phi) is 6.77. The zero-order chi connectivity index (χ0) is 20.8. The number of halogens is 1. The van der Waals surface area contributed by atoms with Gasteiger partial charge in [-0.2, -0.15) is 14.9 Å². The van der Waals surface area contributed by atoms with E-state index in [1.165, 1.54) is 6.07 Å². The summed E-state index contributed by atoms with van der Waals surface area (Å²) in [6.07, 6.45) is 1.68. The van der Waals surface area contributed by atoms with E-state index in [0.717, 1.165) is 11.4 Å². The van der Waals surface area contributed by atoms with Crippen molar-refractivity contribution in [3.8, 4) is 11.5 Å². The van der Waals surface area contributed by atoms with Crippen LogP contribution in [-0.4, -0.2) is 27.7 Å². The van der Waals surface area contributed by atoms with E-state index in [9.17, 15) is 4.39 Å². The first-order valence-corrected chi connectivity index (χ1v) is 9.75. The molecule has 0 radical (unpaired) electrons. The van der Waals surface area contributed by atoms with Crippen molar-refractivity contribution in [2.75, 3.05) is 6.61 Å². The predicted octanol–water partition coefficient (Wildman–Crippen LogP) is 5.06. The number of aromatic nitrogens is 3. The molecule has 0 aliphatic rings. The standard InChI is InChI=1S/C21H23FN4O2S/c1-4-27-19-11-15(12-23-26-20(14(2)3)24-25-21(26)29)9-10-18(19)28-13-16-7-5-6-8-17(16)22/h5-12,14H,4,13H2,1-3H3,(H,25,29)/b23-12-. The third-order valence-corrected chi connectivity index (χ3v) is 4.39. The number of nitrogens with one attached hydrogen (secondary N) is 1. The second-order valence-electron chi connectivity index (χ2n) is 6.62. The molecule has 29 heavy (non-hydrogen) atoms. The number of benzene rings is 2. The Labute approximate surface area is 174 Å². The smallest absolute Gasteiger partial charge is 0.216 e. The van der Waals surface area contributed by atoms with Crippen LogP contribution in [0.25, 0.3) is 0 Å². The summed E-state index contributed by atoms with van der Waals surface area (Å²) in [5, 5.41) is 11.4. The van der Waals surface area contributed by atoms with Gasteiger partial charge in [0.1, 0.15) is 12.4 Å². The first-order chi connectivity index (χ1) is 14.0. The maximum Gasteiger partial charge on any atom is 0.216 e. The van der Waals surface area contributed by atoms with E-state index in [4.69, 9.17) is 21.7 Å². The molecule has 3 aromatic rings. The molecule has 2 aromatic carbocycles. The van der Waals surface area contributed by atoms with Gasteiger partial charge in [-0.15, -0.1) is 0 Å². The Bertz CT molecular complexity index is 1060. The van der Waals surface area contributed by atoms with Crippen molar-refractivity contribution < 1.29 is 13.9 Å². The highest BCUT2D eigenvalue weighted by Gasteiger charge is 2.10. The Hall–Kier alpha value is -3.00. The van der Waals surface area contributed by atoms with Gasteiger partial charge in [0.05, 0.1) is 12.8 Å². The van der Waals surface area contributed by atoms with Gasteiger partial charge in [0.2, 0.25) is 4.77 Å². The highest BCUT2D eigenvalue weighted by Crippen LogP contribution is 2.29. The van der Waals surface area contributed by atoms with Gasteiger partial charge in [-0.05, 0) is 49.0 Å². The first-order valence-electron chi connectivity index (χ1n) is 9.34. The molecule has 0 spiro atoms. The van der Waals surface area contributed by atoms with Gasteiger partial charge in [-0.1, -0.05) is 32.0 Å². The maximum atomic E-state index is 13.8. The maximum absolute atomic E-state index is 13.8. The minimum Gasteiger partial charge on any atom is -0.490 e. The SMILES string of the molecule is CCOc1cc(/C=N\n2c(C(C)C)n[nH]c2=S)ccc1OCc1ccccc1F. The van der Waals surface area contributed by atoms with Gasteiger partial charge in [-0.25, -0.2) is 4.39 Å². The molecule has 1 aromatic heterocycles. The van der Waals surface area contributed by atoms with E-state index in [0.29, 0.717) is 28.4 Å². The molecule has 152 valence electrons. The lowest BCUT2D eigenvalue weighted by Crippen LogP contribution is -2.03. The molecule has 3 rings (SSSR count). The Morgan fingerprint density at radius 3 is 2.72 bits per heavy atom. The van der Waals surface area contributed by atoms with Crippen LogP contribution in [0.4, 0.5) is 4.39 Å². The van der Waals surface area contributed by atoms with Gasteiger partial charge in [0, 0.05) is 11.5 Å². The predicted molar refractivity (Wildman–Crippen MR) is 113 cm³/mol. The monoisotopic (exact) mass is 414 g/mol. The highest BCUT2D eigenvalue weighted by molar-refractivity contribution is 7.71. The molecule has 0 amide bonds. The average molecular weight is 415 g/mol. The molecule has 0 aliphatic carbocycles. The summed E-state index contributed by atoms with van der Waals surface area (Å²) < 4.78 is 27.3. The summed E-state index contributed by atoms with van der Waals surface area (Å²) in [7, 11) is 0. The summed E-state index contributed by atoms with van der Waals surface area (Å²) >= 11 is 5.24. The molecule has 0 saturated heterocycles. The second kappa shape index (κ2) is 9.47. The minimum atomic E-state index is -0.299. The summed E-state index contributed by atoms with van der Waals surface area (Å²) in [6.45, 7) is 6.52. The van der Waals surface area contributed by atoms with Gasteiger partial charge < -0.3 is 9.47 Å². The summed E-state index contributed by atoms with van der Waals surface area (Å²) in [5.41, 5.74) is 1.29. The zero-order valence-corrected chi connectivity index (χ0v) is 17.4. The van der Waals surface area contributed by atoms with Crippen molar-refractivity contribution in [2.24, 2.45) is 5.10 Å². The number of nitrogens with zero attached hydrogens (tertiary/aromatic N) is 3. The third-order valence-electron chi connectivity index (χ3n) is 4.12. The van der Waals surface area contributed by atoms with E-state index in [-0.39, 0.29) is 18.3 Å². The van der Waals surface area contributed by atoms with Crippen LogP contribution in [0.1, 0.15) is 43.6 Å². The van der Waals surface area contributed by atoms with Gasteiger partial charge in [-0.3, -0.25) is 5.10 Å². The fraction of sp³-hybridized carbons (Fsp3) is 0.286. The van der Waals surface area contributed by atoms with E-state index in [2.05, 4.69) is 15.3 Å². The van der Waals surface area contributed by atoms with Gasteiger partial charge in [0.15, 0.2) is 17.3 Å². The van der Waals surface area contributed by atoms with Crippen molar-refractivity contribution in [3.05, 3.63) is 70.0 Å². The fourth-order valence-electron chi connectivity index (χ4n) is 2.68. The molecule has 8 heteroatoms. The molecule has 0 atom stereocenters. The summed E-state index contributed by atoms with van der Waals surface area (Å²) in [4.78, 5) is 0. The number of H-pyrrole nitrogens is 1. The fourth-order valence-corrected chi connectivity index (χ4v) is 2.86. The number of aromatic amines is 1. The first kappa shape index (κ1) is 20.7. The molecule has 6 nitrogen and oxygen atoms in total. The average Bonchev–Trinajstić information content (AvgIpc) is 3.08. The van der Waals surface area contributed by atoms with Crippen LogP contribution in [0, 0.1) is 10.6 Å². The van der Waals surface area contributed by atoms with Crippen molar-refractivity contribution in [1.82, 2.24) is 14.9 Å². The molecule has 0 saturated carbocycles. The molecule has 0 unspecified atom stereocenters. The zero-order valence-electron chi connectivity index (χ0n) is 16.6. The molecular weight excluding hydrogens is 391 g/mol. The van der Waals surface area contributed by atoms with Crippen LogP contribution in [0.5, 0.6) is 11.5 Å². The summed E-state index contributed by atoms with van der Waals surface area (Å²) in [6, 6.07) is 12.0. The van der Waals surface area contributed by atoms with Crippen LogP contribution >= 0.6 is 12.2 Å². The Balaban J connectivity index is 1.81. The molecule has 1 heterocycles.